The van der Waals surface area contributed by atoms with Crippen LogP contribution in [0.15, 0.2) is 58.7 Å². The van der Waals surface area contributed by atoms with Gasteiger partial charge in [-0.25, -0.2) is 14.5 Å². The van der Waals surface area contributed by atoms with Gasteiger partial charge in [-0.05, 0) is 53.9 Å². The second kappa shape index (κ2) is 9.10. The van der Waals surface area contributed by atoms with E-state index in [0.717, 1.165) is 21.3 Å². The summed E-state index contributed by atoms with van der Waals surface area (Å²) >= 11 is 7.88. The molecule has 6 nitrogen and oxygen atoms in total. The topological polar surface area (TPSA) is 71.2 Å². The molecular formula is C22H25ClN4O2S. The van der Waals surface area contributed by atoms with Crippen molar-refractivity contribution in [3.05, 3.63) is 64.9 Å². The van der Waals surface area contributed by atoms with E-state index in [2.05, 4.69) is 10.1 Å². The molecule has 0 saturated heterocycles. The third kappa shape index (κ3) is 5.77. The number of rotatable bonds is 6. The SMILES string of the molecule is Cc1ccc(Sc2cc(CN(CC(C)(C)C)C(=O)O)nn2-c2ccccc2Cl)nc1. The van der Waals surface area contributed by atoms with Crippen molar-refractivity contribution >= 4 is 29.5 Å². The summed E-state index contributed by atoms with van der Waals surface area (Å²) in [5.74, 6) is 0. The second-order valence-electron chi connectivity index (χ2n) is 8.31. The van der Waals surface area contributed by atoms with Crippen molar-refractivity contribution in [1.82, 2.24) is 19.7 Å². The van der Waals surface area contributed by atoms with Gasteiger partial charge in [-0.3, -0.25) is 0 Å². The molecule has 0 saturated carbocycles. The lowest BCUT2D eigenvalue weighted by Gasteiger charge is -2.27. The van der Waals surface area contributed by atoms with E-state index in [-0.39, 0.29) is 12.0 Å². The molecule has 0 bridgehead atoms. The summed E-state index contributed by atoms with van der Waals surface area (Å²) in [7, 11) is 0. The van der Waals surface area contributed by atoms with Crippen LogP contribution in [0.5, 0.6) is 0 Å². The maximum atomic E-state index is 11.8. The van der Waals surface area contributed by atoms with Crippen molar-refractivity contribution in [2.75, 3.05) is 6.54 Å². The van der Waals surface area contributed by atoms with Crippen LogP contribution in [-0.4, -0.2) is 37.4 Å². The van der Waals surface area contributed by atoms with Gasteiger partial charge in [-0.15, -0.1) is 0 Å². The molecule has 0 aliphatic heterocycles. The number of halogens is 1. The highest BCUT2D eigenvalue weighted by molar-refractivity contribution is 7.99. The highest BCUT2D eigenvalue weighted by Crippen LogP contribution is 2.32. The minimum Gasteiger partial charge on any atom is -0.465 e. The molecule has 1 amide bonds. The zero-order valence-electron chi connectivity index (χ0n) is 17.5. The van der Waals surface area contributed by atoms with Gasteiger partial charge in [0.25, 0.3) is 0 Å². The quantitative estimate of drug-likeness (QED) is 0.512. The molecule has 30 heavy (non-hydrogen) atoms. The van der Waals surface area contributed by atoms with Crippen molar-refractivity contribution in [2.45, 2.75) is 44.3 Å². The molecule has 3 rings (SSSR count). The van der Waals surface area contributed by atoms with Crippen LogP contribution >= 0.6 is 23.4 Å². The lowest BCUT2D eigenvalue weighted by molar-refractivity contribution is 0.122. The van der Waals surface area contributed by atoms with E-state index >= 15 is 0 Å². The molecule has 158 valence electrons. The molecule has 8 heteroatoms. The van der Waals surface area contributed by atoms with Crippen LogP contribution in [0.2, 0.25) is 5.02 Å². The summed E-state index contributed by atoms with van der Waals surface area (Å²) < 4.78 is 1.75. The molecular weight excluding hydrogens is 420 g/mol. The molecule has 0 unspecified atom stereocenters. The smallest absolute Gasteiger partial charge is 0.407 e. The van der Waals surface area contributed by atoms with Gasteiger partial charge in [0, 0.05) is 12.7 Å². The van der Waals surface area contributed by atoms with Crippen molar-refractivity contribution < 1.29 is 9.90 Å². The van der Waals surface area contributed by atoms with E-state index in [1.165, 1.54) is 16.7 Å². The minimum absolute atomic E-state index is 0.160. The molecule has 0 aliphatic rings. The third-order valence-corrected chi connectivity index (χ3v) is 5.46. The van der Waals surface area contributed by atoms with E-state index in [4.69, 9.17) is 11.6 Å². The molecule has 1 aromatic carbocycles. The largest absolute Gasteiger partial charge is 0.465 e. The fourth-order valence-electron chi connectivity index (χ4n) is 2.94. The molecule has 2 aromatic heterocycles. The monoisotopic (exact) mass is 444 g/mol. The molecule has 0 atom stereocenters. The van der Waals surface area contributed by atoms with Crippen LogP contribution in [0.1, 0.15) is 32.0 Å². The number of hydrogen-bond acceptors (Lipinski definition) is 4. The number of benzene rings is 1. The molecule has 3 aromatic rings. The predicted molar refractivity (Wildman–Crippen MR) is 120 cm³/mol. The van der Waals surface area contributed by atoms with Crippen LogP contribution in [0.25, 0.3) is 5.69 Å². The fourth-order valence-corrected chi connectivity index (χ4v) is 4.03. The number of carboxylic acid groups (broad SMARTS) is 1. The first kappa shape index (κ1) is 22.2. The number of pyridine rings is 1. The van der Waals surface area contributed by atoms with Gasteiger partial charge in [-0.1, -0.05) is 50.6 Å². The number of nitrogens with zero attached hydrogens (tertiary/aromatic N) is 4. The second-order valence-corrected chi connectivity index (χ2v) is 9.76. The van der Waals surface area contributed by atoms with Crippen LogP contribution in [0, 0.1) is 12.3 Å². The Kier molecular flexibility index (Phi) is 6.73. The fraction of sp³-hybridized carbons (Fsp3) is 0.318. The predicted octanol–water partition coefficient (Wildman–Crippen LogP) is 5.91. The van der Waals surface area contributed by atoms with Crippen LogP contribution in [0.3, 0.4) is 0 Å². The van der Waals surface area contributed by atoms with E-state index < -0.39 is 6.09 Å². The minimum atomic E-state index is -0.966. The maximum Gasteiger partial charge on any atom is 0.407 e. The van der Waals surface area contributed by atoms with Crippen LogP contribution in [0.4, 0.5) is 4.79 Å². The van der Waals surface area contributed by atoms with Crippen molar-refractivity contribution in [2.24, 2.45) is 5.41 Å². The first-order valence-corrected chi connectivity index (χ1v) is 10.7. The van der Waals surface area contributed by atoms with Crippen LogP contribution in [-0.2, 0) is 6.54 Å². The molecule has 0 radical (unpaired) electrons. The number of para-hydroxylation sites is 1. The van der Waals surface area contributed by atoms with Gasteiger partial charge >= 0.3 is 6.09 Å². The Bertz CT molecular complexity index is 1030. The molecule has 0 fully saturated rings. The Hall–Kier alpha value is -2.51. The van der Waals surface area contributed by atoms with Gasteiger partial charge in [0.05, 0.1) is 22.9 Å². The summed E-state index contributed by atoms with van der Waals surface area (Å²) in [5.41, 5.74) is 2.31. The van der Waals surface area contributed by atoms with Crippen LogP contribution < -0.4 is 0 Å². The number of aryl methyl sites for hydroxylation is 1. The van der Waals surface area contributed by atoms with Gasteiger partial charge in [0.15, 0.2) is 0 Å². The van der Waals surface area contributed by atoms with Gasteiger partial charge in [0.2, 0.25) is 0 Å². The highest BCUT2D eigenvalue weighted by Gasteiger charge is 2.23. The summed E-state index contributed by atoms with van der Waals surface area (Å²) in [4.78, 5) is 17.6. The molecule has 0 aliphatic carbocycles. The van der Waals surface area contributed by atoms with Gasteiger partial charge in [0.1, 0.15) is 10.1 Å². The van der Waals surface area contributed by atoms with E-state index in [1.54, 1.807) is 10.7 Å². The molecule has 2 heterocycles. The number of carbonyl (C=O) groups is 1. The number of amides is 1. The normalized spacial score (nSPS) is 11.5. The van der Waals surface area contributed by atoms with Crippen molar-refractivity contribution in [3.8, 4) is 5.69 Å². The number of aromatic nitrogens is 3. The van der Waals surface area contributed by atoms with E-state index in [1.807, 2.05) is 70.3 Å². The van der Waals surface area contributed by atoms with Gasteiger partial charge in [-0.2, -0.15) is 5.10 Å². The average Bonchev–Trinajstić information content (AvgIpc) is 3.04. The average molecular weight is 445 g/mol. The Morgan fingerprint density at radius 2 is 1.97 bits per heavy atom. The first-order valence-electron chi connectivity index (χ1n) is 9.54. The lowest BCUT2D eigenvalue weighted by atomic mass is 9.96. The Morgan fingerprint density at radius 3 is 2.57 bits per heavy atom. The zero-order valence-corrected chi connectivity index (χ0v) is 19.0. The standard InChI is InChI=1S/C22H25ClN4O2S/c1-15-9-10-19(24-12-15)30-20-11-16(13-26(21(28)29)14-22(2,3)4)25-27(20)18-8-6-5-7-17(18)23/h5-12H,13-14H2,1-4H3,(H,28,29). The summed E-state index contributed by atoms with van der Waals surface area (Å²) in [6.45, 7) is 8.62. The first-order chi connectivity index (χ1) is 14.1. The summed E-state index contributed by atoms with van der Waals surface area (Å²) in [6, 6.07) is 13.3. The molecule has 1 N–H and O–H groups in total. The summed E-state index contributed by atoms with van der Waals surface area (Å²) in [5, 5.41) is 16.5. The van der Waals surface area contributed by atoms with Crippen molar-refractivity contribution in [1.29, 1.82) is 0 Å². The Balaban J connectivity index is 1.98. The maximum absolute atomic E-state index is 11.8. The molecule has 0 spiro atoms. The van der Waals surface area contributed by atoms with Crippen molar-refractivity contribution in [3.63, 3.8) is 0 Å². The highest BCUT2D eigenvalue weighted by atomic mass is 35.5. The summed E-state index contributed by atoms with van der Waals surface area (Å²) in [6.07, 6.45) is 0.848. The van der Waals surface area contributed by atoms with E-state index in [9.17, 15) is 9.90 Å². The van der Waals surface area contributed by atoms with E-state index in [0.29, 0.717) is 17.3 Å². The number of hydrogen-bond donors (Lipinski definition) is 1. The zero-order chi connectivity index (χ0) is 21.9. The Morgan fingerprint density at radius 1 is 1.23 bits per heavy atom. The lowest BCUT2D eigenvalue weighted by Crippen LogP contribution is -2.36. The Labute approximate surface area is 185 Å². The third-order valence-electron chi connectivity index (χ3n) is 4.19. The van der Waals surface area contributed by atoms with Gasteiger partial charge < -0.3 is 10.0 Å².